The van der Waals surface area contributed by atoms with Gasteiger partial charge in [0.25, 0.3) is 0 Å². The number of hydrogen-bond acceptors (Lipinski definition) is 2. The van der Waals surface area contributed by atoms with Gasteiger partial charge in [0.1, 0.15) is 0 Å². The molecular formula is C8H12OS. The molecule has 1 heterocycles. The zero-order valence-electron chi connectivity index (χ0n) is 5.97. The molecule has 1 atom stereocenters. The summed E-state index contributed by atoms with van der Waals surface area (Å²) in [5.41, 5.74) is 0. The van der Waals surface area contributed by atoms with Crippen molar-refractivity contribution in [3.63, 3.8) is 0 Å². The van der Waals surface area contributed by atoms with Crippen molar-refractivity contribution in [2.45, 2.75) is 24.5 Å². The van der Waals surface area contributed by atoms with E-state index in [0.29, 0.717) is 11.7 Å². The largest absolute Gasteiger partial charge is 0.395 e. The summed E-state index contributed by atoms with van der Waals surface area (Å²) in [6.45, 7) is 0.199. The zero-order chi connectivity index (χ0) is 7.23. The van der Waals surface area contributed by atoms with Crippen LogP contribution in [0.5, 0.6) is 0 Å². The second-order valence-corrected chi connectivity index (χ2v) is 3.61. The van der Waals surface area contributed by atoms with Crippen LogP contribution >= 0.6 is 11.8 Å². The SMILES string of the molecule is OCCC#CC1CCCS1. The molecule has 56 valence electrons. The molecule has 0 bridgehead atoms. The average Bonchev–Trinajstić information content (AvgIpc) is 2.41. The van der Waals surface area contributed by atoms with Crippen molar-refractivity contribution in [1.29, 1.82) is 0 Å². The molecule has 0 radical (unpaired) electrons. The Kier molecular flexibility index (Phi) is 3.71. The first-order chi connectivity index (χ1) is 4.93. The van der Waals surface area contributed by atoms with Crippen LogP contribution in [0.3, 0.4) is 0 Å². The third-order valence-corrected chi connectivity index (χ3v) is 2.71. The van der Waals surface area contributed by atoms with Crippen LogP contribution in [0.4, 0.5) is 0 Å². The fourth-order valence-electron chi connectivity index (χ4n) is 0.933. The molecule has 1 nitrogen and oxygen atoms in total. The monoisotopic (exact) mass is 156 g/mol. The first kappa shape index (κ1) is 7.97. The van der Waals surface area contributed by atoms with E-state index in [9.17, 15) is 0 Å². The fraction of sp³-hybridized carbons (Fsp3) is 0.750. The van der Waals surface area contributed by atoms with Crippen LogP contribution in [0, 0.1) is 11.8 Å². The Bertz CT molecular complexity index is 139. The Morgan fingerprint density at radius 2 is 2.50 bits per heavy atom. The quantitative estimate of drug-likeness (QED) is 0.577. The third-order valence-electron chi connectivity index (χ3n) is 1.43. The molecule has 0 amide bonds. The van der Waals surface area contributed by atoms with Gasteiger partial charge in [0.2, 0.25) is 0 Å². The minimum absolute atomic E-state index is 0.199. The van der Waals surface area contributed by atoms with E-state index >= 15 is 0 Å². The molecule has 1 fully saturated rings. The summed E-state index contributed by atoms with van der Waals surface area (Å²) in [5.74, 6) is 7.35. The number of thioether (sulfide) groups is 1. The Labute approximate surface area is 66.2 Å². The summed E-state index contributed by atoms with van der Waals surface area (Å²) in [6, 6.07) is 0. The van der Waals surface area contributed by atoms with Crippen molar-refractivity contribution >= 4 is 11.8 Å². The molecular weight excluding hydrogens is 144 g/mol. The molecule has 1 rings (SSSR count). The Hall–Kier alpha value is -0.130. The van der Waals surface area contributed by atoms with E-state index in [1.165, 1.54) is 18.6 Å². The van der Waals surface area contributed by atoms with Crippen LogP contribution < -0.4 is 0 Å². The van der Waals surface area contributed by atoms with Crippen LogP contribution in [0.25, 0.3) is 0 Å². The highest BCUT2D eigenvalue weighted by atomic mass is 32.2. The lowest BCUT2D eigenvalue weighted by molar-refractivity contribution is 0.305. The molecule has 1 saturated heterocycles. The van der Waals surface area contributed by atoms with E-state index < -0.39 is 0 Å². The summed E-state index contributed by atoms with van der Waals surface area (Å²) >= 11 is 1.94. The molecule has 1 unspecified atom stereocenters. The van der Waals surface area contributed by atoms with Gasteiger partial charge in [-0.2, -0.15) is 0 Å². The van der Waals surface area contributed by atoms with Gasteiger partial charge in [-0.25, -0.2) is 0 Å². The van der Waals surface area contributed by atoms with E-state index in [4.69, 9.17) is 5.11 Å². The Morgan fingerprint density at radius 1 is 1.60 bits per heavy atom. The van der Waals surface area contributed by atoms with Crippen LogP contribution in [0.1, 0.15) is 19.3 Å². The molecule has 0 aromatic carbocycles. The number of aliphatic hydroxyl groups is 1. The minimum Gasteiger partial charge on any atom is -0.395 e. The summed E-state index contributed by atoms with van der Waals surface area (Å²) < 4.78 is 0. The highest BCUT2D eigenvalue weighted by Crippen LogP contribution is 2.24. The molecule has 0 aromatic heterocycles. The van der Waals surface area contributed by atoms with Crippen LogP contribution in [0.15, 0.2) is 0 Å². The lowest BCUT2D eigenvalue weighted by Gasteiger charge is -1.93. The van der Waals surface area contributed by atoms with Gasteiger partial charge in [0.15, 0.2) is 0 Å². The van der Waals surface area contributed by atoms with Gasteiger partial charge >= 0.3 is 0 Å². The van der Waals surface area contributed by atoms with Gasteiger partial charge in [-0.15, -0.1) is 11.8 Å². The number of hydrogen-bond donors (Lipinski definition) is 1. The van der Waals surface area contributed by atoms with E-state index in [1.54, 1.807) is 0 Å². The summed E-state index contributed by atoms with van der Waals surface area (Å²) in [4.78, 5) is 0. The molecule has 0 spiro atoms. The van der Waals surface area contributed by atoms with Crippen molar-refractivity contribution in [3.8, 4) is 11.8 Å². The number of rotatable bonds is 1. The standard InChI is InChI=1S/C8H12OS/c9-6-2-1-4-8-5-3-7-10-8/h8-9H,2-3,5-7H2. The second kappa shape index (κ2) is 4.65. The predicted octanol–water partition coefficient (Wildman–Crippen LogP) is 1.27. The van der Waals surface area contributed by atoms with Crippen molar-refractivity contribution in [1.82, 2.24) is 0 Å². The maximum Gasteiger partial charge on any atom is 0.0657 e. The van der Waals surface area contributed by atoms with Crippen molar-refractivity contribution < 1.29 is 5.11 Å². The fourth-order valence-corrected chi connectivity index (χ4v) is 2.05. The van der Waals surface area contributed by atoms with Crippen LogP contribution in [-0.4, -0.2) is 22.7 Å². The van der Waals surface area contributed by atoms with Gasteiger partial charge in [-0.1, -0.05) is 11.8 Å². The first-order valence-electron chi connectivity index (χ1n) is 3.64. The lowest BCUT2D eigenvalue weighted by Crippen LogP contribution is -1.89. The van der Waals surface area contributed by atoms with Crippen molar-refractivity contribution in [3.05, 3.63) is 0 Å². The molecule has 0 aliphatic carbocycles. The molecule has 10 heavy (non-hydrogen) atoms. The molecule has 1 aliphatic rings. The summed E-state index contributed by atoms with van der Waals surface area (Å²) in [7, 11) is 0. The average molecular weight is 156 g/mol. The van der Waals surface area contributed by atoms with Crippen LogP contribution in [-0.2, 0) is 0 Å². The maximum atomic E-state index is 8.43. The van der Waals surface area contributed by atoms with E-state index in [-0.39, 0.29) is 6.61 Å². The van der Waals surface area contributed by atoms with Crippen molar-refractivity contribution in [2.24, 2.45) is 0 Å². The first-order valence-corrected chi connectivity index (χ1v) is 4.69. The number of aliphatic hydroxyl groups excluding tert-OH is 1. The zero-order valence-corrected chi connectivity index (χ0v) is 6.78. The van der Waals surface area contributed by atoms with E-state index in [0.717, 1.165) is 0 Å². The smallest absolute Gasteiger partial charge is 0.0657 e. The normalized spacial score (nSPS) is 23.9. The molecule has 1 aliphatic heterocycles. The highest BCUT2D eigenvalue weighted by Gasteiger charge is 2.11. The summed E-state index contributed by atoms with van der Waals surface area (Å²) in [5, 5.41) is 8.99. The van der Waals surface area contributed by atoms with Gasteiger partial charge in [-0.3, -0.25) is 0 Å². The highest BCUT2D eigenvalue weighted by molar-refractivity contribution is 8.00. The van der Waals surface area contributed by atoms with Gasteiger partial charge in [-0.05, 0) is 18.6 Å². The third kappa shape index (κ3) is 2.64. The van der Waals surface area contributed by atoms with Crippen LogP contribution in [0.2, 0.25) is 0 Å². The van der Waals surface area contributed by atoms with E-state index in [2.05, 4.69) is 11.8 Å². The van der Waals surface area contributed by atoms with E-state index in [1.807, 2.05) is 11.8 Å². The lowest BCUT2D eigenvalue weighted by atomic mass is 10.2. The van der Waals surface area contributed by atoms with Gasteiger partial charge < -0.3 is 5.11 Å². The topological polar surface area (TPSA) is 20.2 Å². The second-order valence-electron chi connectivity index (χ2n) is 2.30. The van der Waals surface area contributed by atoms with Gasteiger partial charge in [0.05, 0.1) is 11.9 Å². The molecule has 0 saturated carbocycles. The predicted molar refractivity (Wildman–Crippen MR) is 45.0 cm³/mol. The summed E-state index contributed by atoms with van der Waals surface area (Å²) in [6.07, 6.45) is 3.18. The Balaban J connectivity index is 2.17. The van der Waals surface area contributed by atoms with Crippen molar-refractivity contribution in [2.75, 3.05) is 12.4 Å². The van der Waals surface area contributed by atoms with Gasteiger partial charge in [0, 0.05) is 6.42 Å². The minimum atomic E-state index is 0.199. The Morgan fingerprint density at radius 3 is 3.10 bits per heavy atom. The molecule has 2 heteroatoms. The maximum absolute atomic E-state index is 8.43. The molecule has 1 N–H and O–H groups in total. The molecule has 0 aromatic rings.